The van der Waals surface area contributed by atoms with Gasteiger partial charge >= 0.3 is 0 Å². The van der Waals surface area contributed by atoms with Gasteiger partial charge in [-0.3, -0.25) is 4.79 Å². The van der Waals surface area contributed by atoms with Gasteiger partial charge in [-0.15, -0.1) is 12.4 Å². The Balaban J connectivity index is 0.00000200. The van der Waals surface area contributed by atoms with Crippen molar-refractivity contribution in [2.45, 2.75) is 6.92 Å². The summed E-state index contributed by atoms with van der Waals surface area (Å²) in [6.07, 6.45) is 0. The van der Waals surface area contributed by atoms with E-state index in [1.54, 1.807) is 36.4 Å². The summed E-state index contributed by atoms with van der Waals surface area (Å²) in [5.41, 5.74) is 7.52. The largest absolute Gasteiger partial charge is 0.494 e. The van der Waals surface area contributed by atoms with Gasteiger partial charge in [0.05, 0.1) is 6.61 Å². The molecule has 0 bridgehead atoms. The number of carbonyl (C=O) groups is 1. The van der Waals surface area contributed by atoms with E-state index in [1.807, 2.05) is 19.1 Å². The Bertz CT molecular complexity index is 553. The molecule has 3 N–H and O–H groups in total. The normalized spacial score (nSPS) is 9.45. The number of halogens is 1. The van der Waals surface area contributed by atoms with Gasteiger partial charge in [0.15, 0.2) is 0 Å². The SMILES string of the molecule is CCOc1ccc(NC(=O)c2ccc(N)cc2)cc1.Cl. The standard InChI is InChI=1S/C15H16N2O2.ClH/c1-2-19-14-9-7-13(8-10-14)17-15(18)11-3-5-12(16)6-4-11;/h3-10H,2,16H2,1H3,(H,17,18);1H. The second-order valence-electron chi connectivity index (χ2n) is 4.03. The lowest BCUT2D eigenvalue weighted by atomic mass is 10.2. The molecular formula is C15H17ClN2O2. The zero-order valence-electron chi connectivity index (χ0n) is 11.1. The van der Waals surface area contributed by atoms with Crippen LogP contribution in [0.2, 0.25) is 0 Å². The van der Waals surface area contributed by atoms with Crippen molar-refractivity contribution in [3.8, 4) is 5.75 Å². The molecule has 1 amide bonds. The Labute approximate surface area is 124 Å². The molecule has 0 radical (unpaired) electrons. The predicted octanol–water partition coefficient (Wildman–Crippen LogP) is 3.34. The first-order valence-electron chi connectivity index (χ1n) is 6.09. The second kappa shape index (κ2) is 7.40. The molecular weight excluding hydrogens is 276 g/mol. The van der Waals surface area contributed by atoms with Crippen LogP contribution in [-0.2, 0) is 0 Å². The van der Waals surface area contributed by atoms with Crippen LogP contribution in [0.4, 0.5) is 11.4 Å². The highest BCUT2D eigenvalue weighted by molar-refractivity contribution is 6.04. The van der Waals surface area contributed by atoms with Crippen LogP contribution in [0, 0.1) is 0 Å². The fourth-order valence-corrected chi connectivity index (χ4v) is 1.64. The summed E-state index contributed by atoms with van der Waals surface area (Å²) in [5.74, 6) is 0.622. The van der Waals surface area contributed by atoms with Crippen molar-refractivity contribution in [3.05, 3.63) is 54.1 Å². The Hall–Kier alpha value is -2.20. The molecule has 2 aromatic carbocycles. The number of carbonyl (C=O) groups excluding carboxylic acids is 1. The van der Waals surface area contributed by atoms with Crippen molar-refractivity contribution in [1.82, 2.24) is 0 Å². The molecule has 4 nitrogen and oxygen atoms in total. The van der Waals surface area contributed by atoms with Crippen molar-refractivity contribution in [2.75, 3.05) is 17.7 Å². The Kier molecular flexibility index (Phi) is 5.87. The molecule has 0 atom stereocenters. The van der Waals surface area contributed by atoms with E-state index in [-0.39, 0.29) is 18.3 Å². The maximum atomic E-state index is 12.0. The summed E-state index contributed by atoms with van der Waals surface area (Å²) < 4.78 is 5.34. The van der Waals surface area contributed by atoms with Crippen LogP contribution in [0.1, 0.15) is 17.3 Å². The van der Waals surface area contributed by atoms with E-state index in [1.165, 1.54) is 0 Å². The number of rotatable bonds is 4. The summed E-state index contributed by atoms with van der Waals surface area (Å²) in [5, 5.41) is 2.81. The molecule has 106 valence electrons. The fourth-order valence-electron chi connectivity index (χ4n) is 1.64. The van der Waals surface area contributed by atoms with Crippen LogP contribution in [0.15, 0.2) is 48.5 Å². The average Bonchev–Trinajstić information content (AvgIpc) is 2.42. The van der Waals surface area contributed by atoms with E-state index < -0.39 is 0 Å². The van der Waals surface area contributed by atoms with Gasteiger partial charge in [-0.2, -0.15) is 0 Å². The Morgan fingerprint density at radius 3 is 2.25 bits per heavy atom. The summed E-state index contributed by atoms with van der Waals surface area (Å²) in [6, 6.07) is 14.0. The number of benzene rings is 2. The summed E-state index contributed by atoms with van der Waals surface area (Å²) in [4.78, 5) is 12.0. The monoisotopic (exact) mass is 292 g/mol. The second-order valence-corrected chi connectivity index (χ2v) is 4.03. The third-order valence-electron chi connectivity index (χ3n) is 2.60. The van der Waals surface area contributed by atoms with Gasteiger partial charge in [-0.05, 0) is 55.5 Å². The van der Waals surface area contributed by atoms with Crippen LogP contribution >= 0.6 is 12.4 Å². The fraction of sp³-hybridized carbons (Fsp3) is 0.133. The molecule has 0 aromatic heterocycles. The van der Waals surface area contributed by atoms with E-state index in [4.69, 9.17) is 10.5 Å². The third kappa shape index (κ3) is 4.17. The van der Waals surface area contributed by atoms with Crippen molar-refractivity contribution < 1.29 is 9.53 Å². The molecule has 5 heteroatoms. The lowest BCUT2D eigenvalue weighted by Gasteiger charge is -2.07. The van der Waals surface area contributed by atoms with Gasteiger partial charge in [0.2, 0.25) is 0 Å². The van der Waals surface area contributed by atoms with Gasteiger partial charge in [0, 0.05) is 16.9 Å². The number of nitrogen functional groups attached to an aromatic ring is 1. The van der Waals surface area contributed by atoms with E-state index in [0.717, 1.165) is 11.4 Å². The number of nitrogens with one attached hydrogen (secondary N) is 1. The molecule has 0 heterocycles. The lowest BCUT2D eigenvalue weighted by molar-refractivity contribution is 0.102. The minimum Gasteiger partial charge on any atom is -0.494 e. The van der Waals surface area contributed by atoms with Crippen LogP contribution in [0.5, 0.6) is 5.75 Å². The molecule has 0 aliphatic carbocycles. The Morgan fingerprint density at radius 1 is 1.10 bits per heavy atom. The van der Waals surface area contributed by atoms with E-state index in [0.29, 0.717) is 17.9 Å². The molecule has 2 rings (SSSR count). The van der Waals surface area contributed by atoms with Gasteiger partial charge in [-0.25, -0.2) is 0 Å². The third-order valence-corrected chi connectivity index (χ3v) is 2.60. The zero-order chi connectivity index (χ0) is 13.7. The number of nitrogens with two attached hydrogens (primary N) is 1. The number of amides is 1. The minimum absolute atomic E-state index is 0. The molecule has 2 aromatic rings. The summed E-state index contributed by atoms with van der Waals surface area (Å²) in [7, 11) is 0. The van der Waals surface area contributed by atoms with Crippen molar-refractivity contribution in [2.24, 2.45) is 0 Å². The predicted molar refractivity (Wildman–Crippen MR) is 83.7 cm³/mol. The van der Waals surface area contributed by atoms with Gasteiger partial charge in [0.1, 0.15) is 5.75 Å². The molecule has 0 saturated carbocycles. The van der Waals surface area contributed by atoms with Crippen LogP contribution in [0.25, 0.3) is 0 Å². The van der Waals surface area contributed by atoms with Crippen LogP contribution in [0.3, 0.4) is 0 Å². The maximum Gasteiger partial charge on any atom is 0.255 e. The smallest absolute Gasteiger partial charge is 0.255 e. The minimum atomic E-state index is -0.163. The van der Waals surface area contributed by atoms with Gasteiger partial charge in [0.25, 0.3) is 5.91 Å². The van der Waals surface area contributed by atoms with Crippen LogP contribution < -0.4 is 15.8 Å². The first-order chi connectivity index (χ1) is 9.19. The summed E-state index contributed by atoms with van der Waals surface area (Å²) in [6.45, 7) is 2.55. The van der Waals surface area contributed by atoms with Gasteiger partial charge in [-0.1, -0.05) is 0 Å². The quantitative estimate of drug-likeness (QED) is 0.850. The van der Waals surface area contributed by atoms with Crippen molar-refractivity contribution in [3.63, 3.8) is 0 Å². The highest BCUT2D eigenvalue weighted by Crippen LogP contribution is 2.16. The molecule has 0 unspecified atom stereocenters. The molecule has 0 aliphatic rings. The van der Waals surface area contributed by atoms with E-state index in [2.05, 4.69) is 5.32 Å². The molecule has 0 aliphatic heterocycles. The van der Waals surface area contributed by atoms with Crippen LogP contribution in [-0.4, -0.2) is 12.5 Å². The average molecular weight is 293 g/mol. The highest BCUT2D eigenvalue weighted by Gasteiger charge is 2.05. The zero-order valence-corrected chi connectivity index (χ0v) is 11.9. The molecule has 0 fully saturated rings. The topological polar surface area (TPSA) is 64.3 Å². The molecule has 20 heavy (non-hydrogen) atoms. The maximum absolute atomic E-state index is 12.0. The number of anilines is 2. The summed E-state index contributed by atoms with van der Waals surface area (Å²) >= 11 is 0. The van der Waals surface area contributed by atoms with Crippen molar-refractivity contribution >= 4 is 29.7 Å². The number of ether oxygens (including phenoxy) is 1. The number of hydrogen-bond donors (Lipinski definition) is 2. The molecule has 0 saturated heterocycles. The first kappa shape index (κ1) is 15.9. The molecule has 0 spiro atoms. The number of hydrogen-bond acceptors (Lipinski definition) is 3. The first-order valence-corrected chi connectivity index (χ1v) is 6.09. The van der Waals surface area contributed by atoms with E-state index >= 15 is 0 Å². The van der Waals surface area contributed by atoms with Gasteiger partial charge < -0.3 is 15.8 Å². The Morgan fingerprint density at radius 2 is 1.70 bits per heavy atom. The van der Waals surface area contributed by atoms with E-state index in [9.17, 15) is 4.79 Å². The van der Waals surface area contributed by atoms with Crippen molar-refractivity contribution in [1.29, 1.82) is 0 Å². The highest BCUT2D eigenvalue weighted by atomic mass is 35.5. The lowest BCUT2D eigenvalue weighted by Crippen LogP contribution is -2.11.